The predicted octanol–water partition coefficient (Wildman–Crippen LogP) is 6.50. The van der Waals surface area contributed by atoms with Gasteiger partial charge in [-0.3, -0.25) is 0 Å². The van der Waals surface area contributed by atoms with Gasteiger partial charge in [0.15, 0.2) is 5.69 Å². The summed E-state index contributed by atoms with van der Waals surface area (Å²) in [5.41, 5.74) is 3.33. The molecule has 5 rings (SSSR count). The molecule has 0 aliphatic rings. The van der Waals surface area contributed by atoms with E-state index in [2.05, 4.69) is 28.2 Å². The Balaban J connectivity index is 1.66. The molecule has 2 aromatic heterocycles. The van der Waals surface area contributed by atoms with Crippen LogP contribution in [0.4, 0.5) is 0 Å². The lowest BCUT2D eigenvalue weighted by Gasteiger charge is -2.13. The molecule has 0 amide bonds. The van der Waals surface area contributed by atoms with E-state index in [4.69, 9.17) is 21.3 Å². The van der Waals surface area contributed by atoms with E-state index in [9.17, 15) is 4.79 Å². The van der Waals surface area contributed by atoms with Gasteiger partial charge in [-0.15, -0.1) is 11.3 Å². The highest BCUT2D eigenvalue weighted by Gasteiger charge is 2.27. The van der Waals surface area contributed by atoms with Crippen molar-refractivity contribution in [2.24, 2.45) is 0 Å². The number of carbonyl (C=O) groups is 1. The first-order valence-corrected chi connectivity index (χ1v) is 11.6. The Morgan fingerprint density at radius 1 is 1.09 bits per heavy atom. The van der Waals surface area contributed by atoms with E-state index in [1.807, 2.05) is 48.5 Å². The van der Waals surface area contributed by atoms with Gasteiger partial charge >= 0.3 is 5.97 Å². The summed E-state index contributed by atoms with van der Waals surface area (Å²) in [6.45, 7) is 0. The molecule has 0 aliphatic carbocycles. The van der Waals surface area contributed by atoms with Crippen LogP contribution >= 0.6 is 22.9 Å². The lowest BCUT2D eigenvalue weighted by atomic mass is 9.97. The monoisotopic (exact) mass is 473 g/mol. The third-order valence-electron chi connectivity index (χ3n) is 5.60. The number of fused-ring (bicyclic) bond motifs is 1. The van der Waals surface area contributed by atoms with Crippen molar-refractivity contribution in [1.29, 1.82) is 0 Å². The number of carbonyl (C=O) groups excluding carboxylic acids is 1. The minimum atomic E-state index is -0.449. The van der Waals surface area contributed by atoms with Crippen molar-refractivity contribution in [3.8, 4) is 10.4 Å². The van der Waals surface area contributed by atoms with Crippen LogP contribution in [0.1, 0.15) is 32.7 Å². The van der Waals surface area contributed by atoms with Crippen molar-refractivity contribution in [2.75, 3.05) is 7.11 Å². The zero-order chi connectivity index (χ0) is 22.8. The molecular weight excluding hydrogens is 454 g/mol. The first-order valence-electron chi connectivity index (χ1n) is 10.4. The number of thiazole rings is 1. The number of methoxy groups -OCH3 is 1. The lowest BCUT2D eigenvalue weighted by Crippen LogP contribution is -2.08. The number of nitrogens with one attached hydrogen (secondary N) is 1. The molecule has 0 fully saturated rings. The molecule has 7 heteroatoms. The van der Waals surface area contributed by atoms with Gasteiger partial charge in [0, 0.05) is 22.5 Å². The molecule has 3 aromatic carbocycles. The summed E-state index contributed by atoms with van der Waals surface area (Å²) in [7, 11) is 1.38. The van der Waals surface area contributed by atoms with E-state index in [-0.39, 0.29) is 5.92 Å². The van der Waals surface area contributed by atoms with Crippen molar-refractivity contribution in [1.82, 2.24) is 15.0 Å². The topological polar surface area (TPSA) is 67.9 Å². The van der Waals surface area contributed by atoms with Crippen LogP contribution in [0.2, 0.25) is 5.02 Å². The fourth-order valence-electron chi connectivity index (χ4n) is 3.97. The maximum atomic E-state index is 12.7. The van der Waals surface area contributed by atoms with Crippen molar-refractivity contribution in [2.45, 2.75) is 12.3 Å². The summed E-state index contributed by atoms with van der Waals surface area (Å²) in [4.78, 5) is 25.8. The van der Waals surface area contributed by atoms with Gasteiger partial charge in [0.25, 0.3) is 0 Å². The van der Waals surface area contributed by atoms with Gasteiger partial charge in [-0.1, -0.05) is 66.2 Å². The highest BCUT2D eigenvalue weighted by atomic mass is 35.5. The number of imidazole rings is 1. The third-order valence-corrected chi connectivity index (χ3v) is 7.06. The van der Waals surface area contributed by atoms with Crippen LogP contribution in [0.25, 0.3) is 21.2 Å². The summed E-state index contributed by atoms with van der Waals surface area (Å²) < 4.78 is 5.10. The Kier molecular flexibility index (Phi) is 5.94. The van der Waals surface area contributed by atoms with Gasteiger partial charge in [-0.2, -0.15) is 0 Å². The Morgan fingerprint density at radius 3 is 2.64 bits per heavy atom. The number of hydrogen-bond donors (Lipinski definition) is 1. The van der Waals surface area contributed by atoms with Gasteiger partial charge < -0.3 is 9.72 Å². The number of halogens is 1. The molecule has 2 heterocycles. The van der Waals surface area contributed by atoms with Crippen LogP contribution in [0.3, 0.4) is 0 Å². The number of hydrogen-bond acceptors (Lipinski definition) is 5. The Bertz CT molecular complexity index is 1410. The lowest BCUT2D eigenvalue weighted by molar-refractivity contribution is 0.0595. The first kappa shape index (κ1) is 21.4. The van der Waals surface area contributed by atoms with E-state index in [1.165, 1.54) is 18.4 Å². The summed E-state index contributed by atoms with van der Waals surface area (Å²) >= 11 is 7.59. The molecule has 0 aliphatic heterocycles. The van der Waals surface area contributed by atoms with Crippen LogP contribution in [0, 0.1) is 0 Å². The minimum Gasteiger partial charge on any atom is -0.464 e. The normalized spacial score (nSPS) is 12.1. The number of esters is 1. The highest BCUT2D eigenvalue weighted by Crippen LogP contribution is 2.40. The summed E-state index contributed by atoms with van der Waals surface area (Å²) in [6, 6.07) is 22.0. The Hall–Kier alpha value is -3.48. The van der Waals surface area contributed by atoms with Crippen LogP contribution < -0.4 is 0 Å². The zero-order valence-corrected chi connectivity index (χ0v) is 19.4. The fourth-order valence-corrected chi connectivity index (χ4v) is 5.31. The van der Waals surface area contributed by atoms with Gasteiger partial charge in [0.05, 0.1) is 24.2 Å². The molecule has 0 saturated carbocycles. The molecule has 1 unspecified atom stereocenters. The van der Waals surface area contributed by atoms with Gasteiger partial charge in [0.1, 0.15) is 5.01 Å². The summed E-state index contributed by atoms with van der Waals surface area (Å²) in [5, 5.41) is 3.68. The van der Waals surface area contributed by atoms with Crippen molar-refractivity contribution in [3.05, 3.63) is 106 Å². The van der Waals surface area contributed by atoms with Crippen molar-refractivity contribution in [3.63, 3.8) is 0 Å². The molecule has 1 atom stereocenters. The van der Waals surface area contributed by atoms with Gasteiger partial charge in [-0.25, -0.2) is 14.8 Å². The van der Waals surface area contributed by atoms with E-state index in [0.717, 1.165) is 37.5 Å². The molecule has 0 saturated heterocycles. The quantitative estimate of drug-likeness (QED) is 0.286. The van der Waals surface area contributed by atoms with E-state index < -0.39 is 5.97 Å². The first-order chi connectivity index (χ1) is 16.1. The molecule has 1 N–H and O–H groups in total. The average molecular weight is 474 g/mol. The Morgan fingerprint density at radius 2 is 1.88 bits per heavy atom. The summed E-state index contributed by atoms with van der Waals surface area (Å²) in [6.07, 6.45) is 4.14. The molecule has 5 aromatic rings. The van der Waals surface area contributed by atoms with E-state index >= 15 is 0 Å². The van der Waals surface area contributed by atoms with E-state index in [1.54, 1.807) is 12.5 Å². The van der Waals surface area contributed by atoms with Crippen LogP contribution in [-0.2, 0) is 11.2 Å². The molecular formula is C26H20ClN3O2S. The second-order valence-corrected chi connectivity index (χ2v) is 9.11. The molecule has 0 spiro atoms. The molecule has 164 valence electrons. The standard InChI is InChI=1S/C26H20ClN3O2S/c1-32-26(31)23-24(20-8-4-6-17-5-2-3-7-19(17)20)33-25(30-23)21(22-14-28-15-29-22)13-16-9-11-18(27)12-10-16/h2-12,14-15,21H,13H2,1H3,(H,28,29). The largest absolute Gasteiger partial charge is 0.464 e. The van der Waals surface area contributed by atoms with Crippen molar-refractivity contribution < 1.29 is 9.53 Å². The second-order valence-electron chi connectivity index (χ2n) is 7.64. The SMILES string of the molecule is COC(=O)c1nc(C(Cc2ccc(Cl)cc2)c2cnc[nH]2)sc1-c1cccc2ccccc12. The number of ether oxygens (including phenoxy) is 1. The predicted molar refractivity (Wildman–Crippen MR) is 132 cm³/mol. The maximum Gasteiger partial charge on any atom is 0.358 e. The fraction of sp³-hybridized carbons (Fsp3) is 0.115. The minimum absolute atomic E-state index is 0.106. The second kappa shape index (κ2) is 9.17. The maximum absolute atomic E-state index is 12.7. The zero-order valence-electron chi connectivity index (χ0n) is 17.8. The smallest absolute Gasteiger partial charge is 0.358 e. The average Bonchev–Trinajstić information content (AvgIpc) is 3.54. The number of aromatic amines is 1. The number of nitrogens with zero attached hydrogens (tertiary/aromatic N) is 2. The number of H-pyrrole nitrogens is 1. The Labute approximate surface area is 200 Å². The molecule has 0 radical (unpaired) electrons. The number of aromatic nitrogens is 3. The number of rotatable bonds is 6. The molecule has 0 bridgehead atoms. The molecule has 33 heavy (non-hydrogen) atoms. The van der Waals surface area contributed by atoms with Gasteiger partial charge in [-0.05, 0) is 34.9 Å². The van der Waals surface area contributed by atoms with Crippen LogP contribution in [-0.4, -0.2) is 28.0 Å². The van der Waals surface area contributed by atoms with Crippen LogP contribution in [0.5, 0.6) is 0 Å². The summed E-state index contributed by atoms with van der Waals surface area (Å²) in [5.74, 6) is -0.555. The highest BCUT2D eigenvalue weighted by molar-refractivity contribution is 7.15. The van der Waals surface area contributed by atoms with Gasteiger partial charge in [0.2, 0.25) is 0 Å². The van der Waals surface area contributed by atoms with E-state index in [0.29, 0.717) is 17.1 Å². The van der Waals surface area contributed by atoms with Crippen molar-refractivity contribution >= 4 is 39.7 Å². The van der Waals surface area contributed by atoms with Crippen LogP contribution in [0.15, 0.2) is 79.3 Å². The molecule has 5 nitrogen and oxygen atoms in total. The third kappa shape index (κ3) is 4.27. The number of benzene rings is 3.